The van der Waals surface area contributed by atoms with Gasteiger partial charge in [0.1, 0.15) is 5.58 Å². The van der Waals surface area contributed by atoms with Crippen molar-refractivity contribution in [3.05, 3.63) is 209 Å². The second kappa shape index (κ2) is 15.3. The molecule has 0 saturated heterocycles. The fraction of sp³-hybridized carbons (Fsp3) is 0.268. The third-order valence-corrected chi connectivity index (χ3v) is 20.0. The second-order valence-electron chi connectivity index (χ2n) is 25.3. The van der Waals surface area contributed by atoms with Gasteiger partial charge in [-0.1, -0.05) is 188 Å². The molecule has 5 heteroatoms. The van der Waals surface area contributed by atoms with Crippen LogP contribution >= 0.6 is 0 Å². The number of allylic oxidation sites excluding steroid dienone is 7. The van der Waals surface area contributed by atoms with Crippen LogP contribution in [-0.2, 0) is 16.2 Å². The van der Waals surface area contributed by atoms with Gasteiger partial charge in [0.15, 0.2) is 5.58 Å². The van der Waals surface area contributed by atoms with Crippen LogP contribution in [0.4, 0.5) is 22.7 Å². The maximum Gasteiger partial charge on any atom is 0.252 e. The molecule has 0 bridgehead atoms. The first-order chi connectivity index (χ1) is 36.8. The fourth-order valence-corrected chi connectivity index (χ4v) is 16.1. The average Bonchev–Trinajstić information content (AvgIpc) is 4.33. The number of hydrogen-bond donors (Lipinski definition) is 0. The highest BCUT2D eigenvalue weighted by Crippen LogP contribution is 2.63. The van der Waals surface area contributed by atoms with Crippen LogP contribution < -0.4 is 26.2 Å². The molecular formula is C71H64BN3O. The van der Waals surface area contributed by atoms with Crippen LogP contribution in [0.1, 0.15) is 133 Å². The van der Waals surface area contributed by atoms with E-state index >= 15 is 0 Å². The molecule has 0 radical (unpaired) electrons. The molecule has 1 fully saturated rings. The van der Waals surface area contributed by atoms with Crippen LogP contribution in [-0.4, -0.2) is 16.8 Å². The molecule has 372 valence electrons. The van der Waals surface area contributed by atoms with Crippen molar-refractivity contribution in [2.75, 3.05) is 9.80 Å². The third-order valence-electron chi connectivity index (χ3n) is 20.0. The molecular weight excluding hydrogens is 922 g/mol. The maximum atomic E-state index is 7.07. The van der Waals surface area contributed by atoms with Crippen molar-refractivity contribution in [2.24, 2.45) is 0 Å². The molecule has 4 aliphatic carbocycles. The number of hydrogen-bond acceptors (Lipinski definition) is 3. The minimum absolute atomic E-state index is 0.0158. The number of furan rings is 1. The summed E-state index contributed by atoms with van der Waals surface area (Å²) in [5, 5.41) is 3.67. The highest BCUT2D eigenvalue weighted by Gasteiger charge is 2.61. The molecule has 9 aromatic rings. The molecule has 3 atom stereocenters. The number of benzene rings is 7. The van der Waals surface area contributed by atoms with Crippen molar-refractivity contribution < 1.29 is 4.42 Å². The molecule has 0 N–H and O–H groups in total. The second-order valence-corrected chi connectivity index (χ2v) is 25.3. The first-order valence-electron chi connectivity index (χ1n) is 28.3. The predicted molar refractivity (Wildman–Crippen MR) is 320 cm³/mol. The van der Waals surface area contributed by atoms with E-state index in [9.17, 15) is 0 Å². The van der Waals surface area contributed by atoms with Crippen LogP contribution in [0.2, 0.25) is 0 Å². The number of aromatic nitrogens is 1. The minimum atomic E-state index is -0.205. The van der Waals surface area contributed by atoms with Gasteiger partial charge in [0.2, 0.25) is 0 Å². The summed E-state index contributed by atoms with van der Waals surface area (Å²) in [6.45, 7) is 17.4. The largest absolute Gasteiger partial charge is 0.454 e. The molecule has 7 aromatic carbocycles. The summed E-state index contributed by atoms with van der Waals surface area (Å²) < 4.78 is 9.83. The van der Waals surface area contributed by atoms with E-state index in [2.05, 4.69) is 233 Å². The van der Waals surface area contributed by atoms with E-state index in [1.807, 2.05) is 0 Å². The molecule has 3 aliphatic heterocycles. The smallest absolute Gasteiger partial charge is 0.252 e. The van der Waals surface area contributed by atoms with Crippen LogP contribution in [0, 0.1) is 0 Å². The van der Waals surface area contributed by atoms with Gasteiger partial charge in [-0.15, -0.1) is 0 Å². The van der Waals surface area contributed by atoms with E-state index in [0.717, 1.165) is 64.7 Å². The Morgan fingerprint density at radius 2 is 1.45 bits per heavy atom. The summed E-state index contributed by atoms with van der Waals surface area (Å²) in [7, 11) is 0. The zero-order chi connectivity index (χ0) is 51.2. The SMILES string of the molecule is CC(C)(C)c1cc2c3c(c1)c1c(n3-c3cc(N(C4=CCC(c5ccccc5C5=CCCC=C5)C=C4)c4cccc5c4oc4ccccc45)cc4c3B2c2cccc3c2N4C2(C)CCCCC32C)-c2ccccc2C1(C)C. The third kappa shape index (κ3) is 5.71. The van der Waals surface area contributed by atoms with Gasteiger partial charge in [-0.05, 0) is 136 Å². The van der Waals surface area contributed by atoms with Gasteiger partial charge < -0.3 is 18.8 Å². The molecule has 5 heterocycles. The quantitative estimate of drug-likeness (QED) is 0.161. The van der Waals surface area contributed by atoms with Gasteiger partial charge in [0.05, 0.1) is 22.6 Å². The van der Waals surface area contributed by atoms with Crippen LogP contribution in [0.5, 0.6) is 0 Å². The molecule has 3 unspecified atom stereocenters. The first kappa shape index (κ1) is 44.8. The summed E-state index contributed by atoms with van der Waals surface area (Å²) in [6.07, 6.45) is 22.4. The van der Waals surface area contributed by atoms with E-state index in [1.165, 1.54) is 114 Å². The Kier molecular flexibility index (Phi) is 9.04. The van der Waals surface area contributed by atoms with E-state index in [0.29, 0.717) is 0 Å². The topological polar surface area (TPSA) is 24.6 Å². The first-order valence-corrected chi connectivity index (χ1v) is 28.3. The molecule has 1 saturated carbocycles. The molecule has 4 nitrogen and oxygen atoms in total. The fourth-order valence-electron chi connectivity index (χ4n) is 16.1. The zero-order valence-corrected chi connectivity index (χ0v) is 45.0. The van der Waals surface area contributed by atoms with Crippen LogP contribution in [0.3, 0.4) is 0 Å². The standard InChI is InChI=1S/C71H64BN3O/c1-68(2,3)45-39-53-62-65(52-26-13-15-28-54(52)69(62,4)5)74-59-41-47(42-60-63(59)72(57(40-45)64(53)74)56-30-20-29-55-66(56)75(60)71(7)38-18-17-37-70(55,71)6)73(58-31-19-27-51-50-25-14-16-32-61(50)76-67(51)58)46-35-33-44(34-36-46)49-24-12-11-23-48(49)43-21-9-8-10-22-43/h9,11-16,19-33,35-36,39-42,44H,8,10,17-18,34,37-38H2,1-7H3. The summed E-state index contributed by atoms with van der Waals surface area (Å²) >= 11 is 0. The van der Waals surface area contributed by atoms with E-state index in [4.69, 9.17) is 4.42 Å². The van der Waals surface area contributed by atoms with Gasteiger partial charge in [0.25, 0.3) is 6.71 Å². The van der Waals surface area contributed by atoms with Gasteiger partial charge in [-0.25, -0.2) is 0 Å². The Balaban J connectivity index is 1.01. The Bertz CT molecular complexity index is 4180. The molecule has 76 heavy (non-hydrogen) atoms. The Morgan fingerprint density at radius 3 is 2.28 bits per heavy atom. The van der Waals surface area contributed by atoms with E-state index in [-0.39, 0.29) is 34.4 Å². The molecule has 2 aromatic heterocycles. The summed E-state index contributed by atoms with van der Waals surface area (Å²) in [5.74, 6) is 0.238. The van der Waals surface area contributed by atoms with E-state index < -0.39 is 0 Å². The average molecular weight is 986 g/mol. The Labute approximate surface area is 447 Å². The van der Waals surface area contributed by atoms with Gasteiger partial charge in [-0.3, -0.25) is 0 Å². The Hall–Kier alpha value is -7.50. The lowest BCUT2D eigenvalue weighted by molar-refractivity contribution is 0.195. The monoisotopic (exact) mass is 986 g/mol. The lowest BCUT2D eigenvalue weighted by Crippen LogP contribution is -2.64. The molecule has 7 aliphatic rings. The van der Waals surface area contributed by atoms with Crippen molar-refractivity contribution in [3.63, 3.8) is 0 Å². The van der Waals surface area contributed by atoms with Gasteiger partial charge in [-0.2, -0.15) is 0 Å². The summed E-state index contributed by atoms with van der Waals surface area (Å²) in [5.41, 5.74) is 27.1. The van der Waals surface area contributed by atoms with Gasteiger partial charge in [0, 0.05) is 66.7 Å². The highest BCUT2D eigenvalue weighted by molar-refractivity contribution is 7.00. The maximum absolute atomic E-state index is 7.07. The van der Waals surface area contributed by atoms with Crippen molar-refractivity contribution in [3.8, 4) is 16.9 Å². The predicted octanol–water partition coefficient (Wildman–Crippen LogP) is 16.5. The lowest BCUT2D eigenvalue weighted by atomic mass is 9.33. The van der Waals surface area contributed by atoms with Crippen molar-refractivity contribution in [1.82, 2.24) is 4.57 Å². The Morgan fingerprint density at radius 1 is 0.684 bits per heavy atom. The van der Waals surface area contributed by atoms with Crippen molar-refractivity contribution >= 4 is 84.3 Å². The minimum Gasteiger partial charge on any atom is -0.454 e. The number of para-hydroxylation sites is 3. The number of anilines is 4. The normalized spacial score (nSPS) is 22.1. The molecule has 0 amide bonds. The number of rotatable bonds is 5. The van der Waals surface area contributed by atoms with E-state index in [1.54, 1.807) is 0 Å². The van der Waals surface area contributed by atoms with Crippen LogP contribution in [0.15, 0.2) is 180 Å². The van der Waals surface area contributed by atoms with Crippen molar-refractivity contribution in [2.45, 2.75) is 121 Å². The molecule has 16 rings (SSSR count). The highest BCUT2D eigenvalue weighted by atomic mass is 16.3. The number of fused-ring (bicyclic) bond motifs is 15. The summed E-state index contributed by atoms with van der Waals surface area (Å²) in [4.78, 5) is 5.47. The van der Waals surface area contributed by atoms with Crippen LogP contribution in [0.25, 0.3) is 55.4 Å². The molecule has 0 spiro atoms. The van der Waals surface area contributed by atoms with Crippen molar-refractivity contribution in [1.29, 1.82) is 0 Å². The number of nitrogens with zero attached hydrogens (tertiary/aromatic N) is 3. The van der Waals surface area contributed by atoms with Gasteiger partial charge >= 0.3 is 0 Å². The zero-order valence-electron chi connectivity index (χ0n) is 45.0. The lowest BCUT2D eigenvalue weighted by Gasteiger charge is -2.52. The summed E-state index contributed by atoms with van der Waals surface area (Å²) in [6, 6.07) is 51.5.